The Labute approximate surface area is 166 Å². The Morgan fingerprint density at radius 1 is 0.964 bits per heavy atom. The molecule has 4 rings (SSSR count). The molecule has 0 radical (unpaired) electrons. The van der Waals surface area contributed by atoms with Gasteiger partial charge in [-0.25, -0.2) is 0 Å². The predicted molar refractivity (Wildman–Crippen MR) is 114 cm³/mol. The Hall–Kier alpha value is -2.95. The number of anilines is 3. The fourth-order valence-corrected chi connectivity index (χ4v) is 3.91. The molecule has 0 aliphatic carbocycles. The summed E-state index contributed by atoms with van der Waals surface area (Å²) >= 11 is 0. The molecule has 1 saturated heterocycles. The molecule has 5 nitrogen and oxygen atoms in total. The van der Waals surface area contributed by atoms with E-state index in [0.717, 1.165) is 55.7 Å². The summed E-state index contributed by atoms with van der Waals surface area (Å²) in [5.41, 5.74) is 4.91. The smallest absolute Gasteiger partial charge is 0.247 e. The van der Waals surface area contributed by atoms with Crippen molar-refractivity contribution < 1.29 is 0 Å². The van der Waals surface area contributed by atoms with Crippen molar-refractivity contribution in [3.8, 4) is 0 Å². The topological polar surface area (TPSA) is 53.9 Å². The summed E-state index contributed by atoms with van der Waals surface area (Å²) in [6.45, 7) is 6.16. The van der Waals surface area contributed by atoms with Crippen molar-refractivity contribution in [1.82, 2.24) is 15.2 Å². The van der Waals surface area contributed by atoms with Gasteiger partial charge in [0.15, 0.2) is 5.82 Å². The number of piperidine rings is 1. The largest absolute Gasteiger partial charge is 0.339 e. The van der Waals surface area contributed by atoms with Crippen LogP contribution in [0.25, 0.3) is 0 Å². The maximum Gasteiger partial charge on any atom is 0.247 e. The van der Waals surface area contributed by atoms with Gasteiger partial charge in [-0.05, 0) is 55.7 Å². The number of hydrogen-bond donors (Lipinski definition) is 1. The summed E-state index contributed by atoms with van der Waals surface area (Å²) in [4.78, 5) is 6.98. The molecule has 0 bridgehead atoms. The van der Waals surface area contributed by atoms with Gasteiger partial charge in [0, 0.05) is 18.8 Å². The van der Waals surface area contributed by atoms with Crippen molar-refractivity contribution in [3.05, 3.63) is 71.4 Å². The fourth-order valence-electron chi connectivity index (χ4n) is 3.91. The third kappa shape index (κ3) is 4.30. The van der Waals surface area contributed by atoms with E-state index in [1.807, 2.05) is 0 Å². The van der Waals surface area contributed by atoms with Gasteiger partial charge in [0.05, 0.1) is 6.20 Å². The van der Waals surface area contributed by atoms with Crippen LogP contribution in [0.5, 0.6) is 0 Å². The predicted octanol–water partition coefficient (Wildman–Crippen LogP) is 4.69. The lowest BCUT2D eigenvalue weighted by atomic mass is 9.90. The van der Waals surface area contributed by atoms with Gasteiger partial charge in [0.25, 0.3) is 0 Å². The minimum absolute atomic E-state index is 0.717. The van der Waals surface area contributed by atoms with Gasteiger partial charge >= 0.3 is 0 Å². The maximum absolute atomic E-state index is 4.72. The Morgan fingerprint density at radius 3 is 2.39 bits per heavy atom. The van der Waals surface area contributed by atoms with Gasteiger partial charge in [-0.2, -0.15) is 10.1 Å². The number of nitrogens with zero attached hydrogens (tertiary/aromatic N) is 4. The maximum atomic E-state index is 4.72. The van der Waals surface area contributed by atoms with E-state index in [9.17, 15) is 0 Å². The van der Waals surface area contributed by atoms with E-state index in [2.05, 4.69) is 82.8 Å². The highest BCUT2D eigenvalue weighted by atomic mass is 15.3. The lowest BCUT2D eigenvalue weighted by molar-refractivity contribution is 0.400. The molecule has 0 unspecified atom stereocenters. The molecule has 1 aromatic heterocycles. The van der Waals surface area contributed by atoms with Gasteiger partial charge in [0.1, 0.15) is 0 Å². The van der Waals surface area contributed by atoms with E-state index in [1.54, 1.807) is 6.20 Å². The molecule has 2 aromatic carbocycles. The lowest BCUT2D eigenvalue weighted by Crippen LogP contribution is -2.35. The quantitative estimate of drug-likeness (QED) is 0.703. The zero-order valence-electron chi connectivity index (χ0n) is 16.6. The van der Waals surface area contributed by atoms with E-state index in [1.165, 1.54) is 16.7 Å². The molecule has 1 fully saturated rings. The van der Waals surface area contributed by atoms with Crippen molar-refractivity contribution in [2.24, 2.45) is 5.92 Å². The summed E-state index contributed by atoms with van der Waals surface area (Å²) in [6.07, 6.45) is 5.17. The summed E-state index contributed by atoms with van der Waals surface area (Å²) < 4.78 is 0. The molecule has 1 aliphatic rings. The van der Waals surface area contributed by atoms with E-state index < -0.39 is 0 Å². The standard InChI is InChI=1S/C23H27N5/c1-17-7-6-8-18(2)22(17)25-21-16-24-27-23(26-21)28-13-11-20(12-14-28)15-19-9-4-3-5-10-19/h3-10,16,20H,11-15H2,1-2H3,(H,25,26,27). The first-order chi connectivity index (χ1) is 13.7. The molecule has 1 aliphatic heterocycles. The number of para-hydroxylation sites is 1. The van der Waals surface area contributed by atoms with Crippen molar-refractivity contribution >= 4 is 17.5 Å². The third-order valence-corrected chi connectivity index (χ3v) is 5.55. The van der Waals surface area contributed by atoms with Crippen LogP contribution in [0, 0.1) is 19.8 Å². The average Bonchev–Trinajstić information content (AvgIpc) is 2.72. The Kier molecular flexibility index (Phi) is 5.51. The first-order valence-electron chi connectivity index (χ1n) is 10.0. The molecular formula is C23H27N5. The highest BCUT2D eigenvalue weighted by Gasteiger charge is 2.21. The van der Waals surface area contributed by atoms with Crippen LogP contribution in [0.1, 0.15) is 29.5 Å². The fraction of sp³-hybridized carbons (Fsp3) is 0.348. The summed E-state index contributed by atoms with van der Waals surface area (Å²) in [5, 5.41) is 11.9. The Balaban J connectivity index is 1.40. The number of rotatable bonds is 5. The molecule has 0 atom stereocenters. The van der Waals surface area contributed by atoms with Crippen LogP contribution in [0.15, 0.2) is 54.7 Å². The second-order valence-electron chi connectivity index (χ2n) is 7.65. The molecule has 28 heavy (non-hydrogen) atoms. The Bertz CT molecular complexity index is 897. The Morgan fingerprint density at radius 2 is 1.68 bits per heavy atom. The minimum Gasteiger partial charge on any atom is -0.339 e. The third-order valence-electron chi connectivity index (χ3n) is 5.55. The van der Waals surface area contributed by atoms with Crippen LogP contribution in [0.2, 0.25) is 0 Å². The number of nitrogens with one attached hydrogen (secondary N) is 1. The van der Waals surface area contributed by atoms with Crippen molar-refractivity contribution in [2.45, 2.75) is 33.1 Å². The first kappa shape index (κ1) is 18.4. The van der Waals surface area contributed by atoms with E-state index in [0.29, 0.717) is 0 Å². The minimum atomic E-state index is 0.717. The molecule has 1 N–H and O–H groups in total. The highest BCUT2D eigenvalue weighted by molar-refractivity contribution is 5.64. The van der Waals surface area contributed by atoms with Crippen LogP contribution >= 0.6 is 0 Å². The number of aromatic nitrogens is 3. The zero-order valence-corrected chi connectivity index (χ0v) is 16.6. The summed E-state index contributed by atoms with van der Waals surface area (Å²) in [6, 6.07) is 17.0. The van der Waals surface area contributed by atoms with Crippen LogP contribution < -0.4 is 10.2 Å². The van der Waals surface area contributed by atoms with Gasteiger partial charge in [-0.15, -0.1) is 5.10 Å². The number of benzene rings is 2. The molecule has 0 saturated carbocycles. The molecule has 0 spiro atoms. The summed E-state index contributed by atoms with van der Waals surface area (Å²) in [5.74, 6) is 2.19. The van der Waals surface area contributed by atoms with Gasteiger partial charge in [-0.1, -0.05) is 48.5 Å². The molecule has 2 heterocycles. The van der Waals surface area contributed by atoms with Gasteiger partial charge in [0.2, 0.25) is 5.95 Å². The van der Waals surface area contributed by atoms with Crippen LogP contribution in [0.3, 0.4) is 0 Å². The SMILES string of the molecule is Cc1cccc(C)c1Nc1cnnc(N2CCC(Cc3ccccc3)CC2)n1. The highest BCUT2D eigenvalue weighted by Crippen LogP contribution is 2.26. The molecule has 0 amide bonds. The summed E-state index contributed by atoms with van der Waals surface area (Å²) in [7, 11) is 0. The lowest BCUT2D eigenvalue weighted by Gasteiger charge is -2.31. The van der Waals surface area contributed by atoms with Crippen LogP contribution in [-0.2, 0) is 6.42 Å². The average molecular weight is 374 g/mol. The van der Waals surface area contributed by atoms with Crippen molar-refractivity contribution in [2.75, 3.05) is 23.3 Å². The van der Waals surface area contributed by atoms with Gasteiger partial charge in [-0.3, -0.25) is 0 Å². The van der Waals surface area contributed by atoms with Crippen molar-refractivity contribution in [3.63, 3.8) is 0 Å². The molecule has 3 aromatic rings. The monoisotopic (exact) mass is 373 g/mol. The van der Waals surface area contributed by atoms with Crippen LogP contribution in [-0.4, -0.2) is 28.3 Å². The number of aryl methyl sites for hydroxylation is 2. The molecule has 5 heteroatoms. The molecule has 144 valence electrons. The van der Waals surface area contributed by atoms with E-state index >= 15 is 0 Å². The second-order valence-corrected chi connectivity index (χ2v) is 7.65. The second kappa shape index (κ2) is 8.38. The number of hydrogen-bond acceptors (Lipinski definition) is 5. The van der Waals surface area contributed by atoms with Gasteiger partial charge < -0.3 is 10.2 Å². The van der Waals surface area contributed by atoms with Crippen LogP contribution in [0.4, 0.5) is 17.5 Å². The van der Waals surface area contributed by atoms with E-state index in [4.69, 9.17) is 4.98 Å². The molecular weight excluding hydrogens is 346 g/mol. The normalized spacial score (nSPS) is 14.9. The van der Waals surface area contributed by atoms with E-state index in [-0.39, 0.29) is 0 Å². The first-order valence-corrected chi connectivity index (χ1v) is 10.0. The zero-order chi connectivity index (χ0) is 19.3. The van der Waals surface area contributed by atoms with Crippen molar-refractivity contribution in [1.29, 1.82) is 0 Å².